The molecule has 0 unspecified atom stereocenters. The predicted molar refractivity (Wildman–Crippen MR) is 96.1 cm³/mol. The smallest absolute Gasteiger partial charge is 0.238 e. The highest BCUT2D eigenvalue weighted by atomic mass is 35.5. The highest BCUT2D eigenvalue weighted by Crippen LogP contribution is 2.27. The summed E-state index contributed by atoms with van der Waals surface area (Å²) in [4.78, 5) is 12.2. The number of anilines is 1. The van der Waals surface area contributed by atoms with Crippen LogP contribution in [0.3, 0.4) is 0 Å². The molecule has 0 aliphatic rings. The van der Waals surface area contributed by atoms with Crippen molar-refractivity contribution in [2.75, 3.05) is 5.32 Å². The van der Waals surface area contributed by atoms with Crippen LogP contribution in [-0.2, 0) is 21.2 Å². The Morgan fingerprint density at radius 3 is 2.29 bits per heavy atom. The fourth-order valence-electron chi connectivity index (χ4n) is 2.18. The van der Waals surface area contributed by atoms with Gasteiger partial charge in [-0.15, -0.1) is 0 Å². The molecule has 0 radical (unpaired) electrons. The highest BCUT2D eigenvalue weighted by Gasteiger charge is 2.16. The van der Waals surface area contributed by atoms with E-state index in [0.717, 1.165) is 5.56 Å². The summed E-state index contributed by atoms with van der Waals surface area (Å²) in [5, 5.41) is 8.64. The van der Waals surface area contributed by atoms with Crippen LogP contribution in [0, 0.1) is 13.8 Å². The second kappa shape index (κ2) is 7.11. The molecule has 0 heterocycles. The number of carbonyl (C=O) groups is 1. The number of aryl methyl sites for hydroxylation is 1. The Bertz CT molecular complexity index is 892. The summed E-state index contributed by atoms with van der Waals surface area (Å²) in [5.74, 6) is -0.362. The SMILES string of the molecule is Cc1cc(S(N)(=O)=O)cc(NC(=O)Cc2c(Cl)cccc2Cl)c1C. The van der Waals surface area contributed by atoms with Crippen molar-refractivity contribution in [3.8, 4) is 0 Å². The van der Waals surface area contributed by atoms with E-state index in [-0.39, 0.29) is 17.2 Å². The maximum Gasteiger partial charge on any atom is 0.238 e. The Kier molecular flexibility index (Phi) is 5.55. The number of hydrogen-bond donors (Lipinski definition) is 2. The number of rotatable bonds is 4. The molecule has 0 fully saturated rings. The average molecular weight is 387 g/mol. The van der Waals surface area contributed by atoms with Crippen LogP contribution in [-0.4, -0.2) is 14.3 Å². The fraction of sp³-hybridized carbons (Fsp3) is 0.188. The van der Waals surface area contributed by atoms with Gasteiger partial charge in [0.15, 0.2) is 0 Å². The third-order valence-corrected chi connectivity index (χ3v) is 5.24. The molecule has 3 N–H and O–H groups in total. The van der Waals surface area contributed by atoms with E-state index in [1.165, 1.54) is 12.1 Å². The lowest BCUT2D eigenvalue weighted by molar-refractivity contribution is -0.115. The van der Waals surface area contributed by atoms with E-state index in [0.29, 0.717) is 26.9 Å². The summed E-state index contributed by atoms with van der Waals surface area (Å²) < 4.78 is 23.1. The first-order chi connectivity index (χ1) is 11.1. The molecule has 0 aliphatic heterocycles. The molecule has 0 saturated heterocycles. The van der Waals surface area contributed by atoms with E-state index >= 15 is 0 Å². The van der Waals surface area contributed by atoms with Crippen molar-refractivity contribution in [3.05, 3.63) is 57.1 Å². The van der Waals surface area contributed by atoms with Crippen LogP contribution in [0.4, 0.5) is 5.69 Å². The first-order valence-corrected chi connectivity index (χ1v) is 9.26. The predicted octanol–water partition coefficient (Wildman–Crippen LogP) is 3.44. The third kappa shape index (κ3) is 4.27. The van der Waals surface area contributed by atoms with Crippen LogP contribution >= 0.6 is 23.2 Å². The second-order valence-electron chi connectivity index (χ2n) is 5.38. The lowest BCUT2D eigenvalue weighted by Gasteiger charge is -2.13. The Labute approximate surface area is 150 Å². The van der Waals surface area contributed by atoms with Gasteiger partial charge in [0.2, 0.25) is 15.9 Å². The summed E-state index contributed by atoms with van der Waals surface area (Å²) in [5.41, 5.74) is 2.34. The molecule has 0 saturated carbocycles. The minimum atomic E-state index is -3.87. The summed E-state index contributed by atoms with van der Waals surface area (Å²) in [6, 6.07) is 7.78. The molecule has 5 nitrogen and oxygen atoms in total. The number of nitrogens with one attached hydrogen (secondary N) is 1. The Hall–Kier alpha value is -1.60. The van der Waals surface area contributed by atoms with Gasteiger partial charge in [0.1, 0.15) is 0 Å². The van der Waals surface area contributed by atoms with E-state index in [9.17, 15) is 13.2 Å². The normalized spacial score (nSPS) is 11.4. The average Bonchev–Trinajstić information content (AvgIpc) is 2.46. The standard InChI is InChI=1S/C16H16Cl2N2O3S/c1-9-6-11(24(19,22)23)7-15(10(9)2)20-16(21)8-12-13(17)4-3-5-14(12)18/h3-7H,8H2,1-2H3,(H,20,21)(H2,19,22,23). The number of halogens is 2. The number of benzene rings is 2. The van der Waals surface area contributed by atoms with Gasteiger partial charge in [-0.1, -0.05) is 29.3 Å². The third-order valence-electron chi connectivity index (χ3n) is 3.64. The number of carbonyl (C=O) groups excluding carboxylic acids is 1. The summed E-state index contributed by atoms with van der Waals surface area (Å²) in [7, 11) is -3.87. The van der Waals surface area contributed by atoms with Crippen molar-refractivity contribution in [1.82, 2.24) is 0 Å². The molecule has 0 spiro atoms. The van der Waals surface area contributed by atoms with E-state index in [2.05, 4.69) is 5.32 Å². The molecule has 0 aliphatic carbocycles. The fourth-order valence-corrected chi connectivity index (χ4v) is 3.33. The van der Waals surface area contributed by atoms with Crippen LogP contribution in [0.5, 0.6) is 0 Å². The van der Waals surface area contributed by atoms with Gasteiger partial charge >= 0.3 is 0 Å². The number of amides is 1. The van der Waals surface area contributed by atoms with Crippen LogP contribution < -0.4 is 10.5 Å². The van der Waals surface area contributed by atoms with E-state index in [1.54, 1.807) is 32.0 Å². The molecular weight excluding hydrogens is 371 g/mol. The zero-order valence-electron chi connectivity index (χ0n) is 13.1. The first kappa shape index (κ1) is 18.7. The number of sulfonamides is 1. The minimum Gasteiger partial charge on any atom is -0.326 e. The lowest BCUT2D eigenvalue weighted by Crippen LogP contribution is -2.18. The second-order valence-corrected chi connectivity index (χ2v) is 7.76. The van der Waals surface area contributed by atoms with E-state index in [4.69, 9.17) is 28.3 Å². The largest absolute Gasteiger partial charge is 0.326 e. The maximum absolute atomic E-state index is 12.3. The van der Waals surface area contributed by atoms with Gasteiger partial charge in [-0.25, -0.2) is 13.6 Å². The Morgan fingerprint density at radius 2 is 1.75 bits per heavy atom. The van der Waals surface area contributed by atoms with Gasteiger partial charge < -0.3 is 5.32 Å². The van der Waals surface area contributed by atoms with Crippen LogP contribution in [0.15, 0.2) is 35.2 Å². The van der Waals surface area contributed by atoms with E-state index in [1.807, 2.05) is 0 Å². The minimum absolute atomic E-state index is 0.0312. The summed E-state index contributed by atoms with van der Waals surface area (Å²) in [6.45, 7) is 3.52. The highest BCUT2D eigenvalue weighted by molar-refractivity contribution is 7.89. The van der Waals surface area contributed by atoms with Crippen LogP contribution in [0.2, 0.25) is 10.0 Å². The lowest BCUT2D eigenvalue weighted by atomic mass is 10.1. The van der Waals surface area contributed by atoms with Crippen molar-refractivity contribution < 1.29 is 13.2 Å². The molecule has 2 aromatic carbocycles. The summed E-state index contributed by atoms with van der Waals surface area (Å²) in [6.07, 6.45) is -0.0312. The van der Waals surface area contributed by atoms with Gasteiger partial charge in [0.25, 0.3) is 0 Å². The topological polar surface area (TPSA) is 89.3 Å². The maximum atomic E-state index is 12.3. The van der Waals surface area contributed by atoms with Gasteiger partial charge in [-0.05, 0) is 54.8 Å². The van der Waals surface area contributed by atoms with Gasteiger partial charge in [-0.3, -0.25) is 4.79 Å². The van der Waals surface area contributed by atoms with Gasteiger partial charge in [-0.2, -0.15) is 0 Å². The number of nitrogens with two attached hydrogens (primary N) is 1. The zero-order valence-corrected chi connectivity index (χ0v) is 15.4. The molecule has 0 atom stereocenters. The van der Waals surface area contributed by atoms with Crippen molar-refractivity contribution >= 4 is 44.8 Å². The van der Waals surface area contributed by atoms with Crippen molar-refractivity contribution in [2.45, 2.75) is 25.2 Å². The molecule has 128 valence electrons. The molecule has 0 bridgehead atoms. The molecule has 24 heavy (non-hydrogen) atoms. The molecule has 0 aromatic heterocycles. The molecule has 8 heteroatoms. The monoisotopic (exact) mass is 386 g/mol. The van der Waals surface area contributed by atoms with Crippen molar-refractivity contribution in [3.63, 3.8) is 0 Å². The molecule has 1 amide bonds. The Morgan fingerprint density at radius 1 is 1.17 bits per heavy atom. The Balaban J connectivity index is 2.31. The van der Waals surface area contributed by atoms with Crippen molar-refractivity contribution in [1.29, 1.82) is 0 Å². The van der Waals surface area contributed by atoms with Crippen molar-refractivity contribution in [2.24, 2.45) is 5.14 Å². The number of primary sulfonamides is 1. The van der Waals surface area contributed by atoms with Crippen LogP contribution in [0.1, 0.15) is 16.7 Å². The first-order valence-electron chi connectivity index (χ1n) is 6.96. The zero-order chi connectivity index (χ0) is 18.1. The van der Waals surface area contributed by atoms with Crippen LogP contribution in [0.25, 0.3) is 0 Å². The quantitative estimate of drug-likeness (QED) is 0.842. The summed E-state index contributed by atoms with van der Waals surface area (Å²) >= 11 is 12.1. The number of hydrogen-bond acceptors (Lipinski definition) is 3. The molecular formula is C16H16Cl2N2O3S. The van der Waals surface area contributed by atoms with Gasteiger partial charge in [0.05, 0.1) is 11.3 Å². The molecule has 2 rings (SSSR count). The van der Waals surface area contributed by atoms with E-state index < -0.39 is 10.0 Å². The van der Waals surface area contributed by atoms with Gasteiger partial charge in [0, 0.05) is 15.7 Å². The molecule has 2 aromatic rings.